The molecule has 0 saturated heterocycles. The van der Waals surface area contributed by atoms with Gasteiger partial charge in [0.1, 0.15) is 0 Å². The Morgan fingerprint density at radius 3 is 1.88 bits per heavy atom. The maximum Gasteiger partial charge on any atom is 0.0768 e. The number of nitrogens with zero attached hydrogens (tertiary/aromatic N) is 1. The lowest BCUT2D eigenvalue weighted by molar-refractivity contribution is -0.0273. The van der Waals surface area contributed by atoms with Crippen molar-refractivity contribution in [3.05, 3.63) is 0 Å². The molecule has 0 aromatic rings. The quantitative estimate of drug-likeness (QED) is 0.645. The largest absolute Gasteiger partial charge is 0.389 e. The van der Waals surface area contributed by atoms with Crippen LogP contribution < -0.4 is 0 Å². The minimum absolute atomic E-state index is 0.236. The van der Waals surface area contributed by atoms with E-state index in [1.807, 2.05) is 20.8 Å². The van der Waals surface area contributed by atoms with Crippen LogP contribution in [-0.2, 0) is 9.47 Å². The second-order valence-corrected chi connectivity index (χ2v) is 4.77. The molecule has 0 heterocycles. The van der Waals surface area contributed by atoms with E-state index in [1.165, 1.54) is 0 Å². The average molecular weight is 233 g/mol. The molecule has 1 atom stereocenters. The summed E-state index contributed by atoms with van der Waals surface area (Å²) in [6, 6.07) is 0. The second kappa shape index (κ2) is 8.01. The molecule has 0 aliphatic rings. The molecular weight excluding hydrogens is 206 g/mol. The van der Waals surface area contributed by atoms with E-state index >= 15 is 0 Å². The van der Waals surface area contributed by atoms with E-state index in [2.05, 4.69) is 4.90 Å². The second-order valence-electron chi connectivity index (χ2n) is 4.77. The first-order valence-corrected chi connectivity index (χ1v) is 5.86. The smallest absolute Gasteiger partial charge is 0.0768 e. The Labute approximate surface area is 99.5 Å². The molecule has 4 nitrogen and oxygen atoms in total. The fraction of sp³-hybridized carbons (Fsp3) is 1.00. The minimum Gasteiger partial charge on any atom is -0.389 e. The standard InChI is InChI=1S/C12H27NO3/c1-11(2)12(3,14)10-13(6-8-15-4)7-9-16-5/h11,14H,6-10H2,1-5H3. The fourth-order valence-electron chi connectivity index (χ4n) is 1.35. The molecule has 0 aliphatic heterocycles. The molecular formula is C12H27NO3. The van der Waals surface area contributed by atoms with E-state index in [4.69, 9.17) is 9.47 Å². The summed E-state index contributed by atoms with van der Waals surface area (Å²) in [5, 5.41) is 10.2. The van der Waals surface area contributed by atoms with Gasteiger partial charge in [0.25, 0.3) is 0 Å². The zero-order valence-electron chi connectivity index (χ0n) is 11.3. The van der Waals surface area contributed by atoms with Crippen molar-refractivity contribution in [3.8, 4) is 0 Å². The van der Waals surface area contributed by atoms with E-state index in [0.717, 1.165) is 13.1 Å². The molecule has 0 spiro atoms. The Bertz CT molecular complexity index is 164. The third-order valence-electron chi connectivity index (χ3n) is 3.01. The topological polar surface area (TPSA) is 41.9 Å². The van der Waals surface area contributed by atoms with Crippen LogP contribution >= 0.6 is 0 Å². The molecule has 0 bridgehead atoms. The molecule has 4 heteroatoms. The summed E-state index contributed by atoms with van der Waals surface area (Å²) in [4.78, 5) is 2.17. The van der Waals surface area contributed by atoms with E-state index in [0.29, 0.717) is 19.8 Å². The van der Waals surface area contributed by atoms with Gasteiger partial charge in [0, 0.05) is 33.9 Å². The normalized spacial score (nSPS) is 15.8. The Balaban J connectivity index is 4.17. The summed E-state index contributed by atoms with van der Waals surface area (Å²) in [5.74, 6) is 0.236. The highest BCUT2D eigenvalue weighted by Crippen LogP contribution is 2.17. The molecule has 0 aromatic carbocycles. The van der Waals surface area contributed by atoms with Gasteiger partial charge in [-0.1, -0.05) is 13.8 Å². The van der Waals surface area contributed by atoms with Crippen molar-refractivity contribution in [2.24, 2.45) is 5.92 Å². The van der Waals surface area contributed by atoms with Crippen LogP contribution in [0.2, 0.25) is 0 Å². The van der Waals surface area contributed by atoms with Crippen molar-refractivity contribution >= 4 is 0 Å². The van der Waals surface area contributed by atoms with Crippen LogP contribution in [-0.4, -0.2) is 62.7 Å². The van der Waals surface area contributed by atoms with Gasteiger partial charge >= 0.3 is 0 Å². The van der Waals surface area contributed by atoms with Gasteiger partial charge in [-0.2, -0.15) is 0 Å². The Kier molecular flexibility index (Phi) is 7.93. The SMILES string of the molecule is COCCN(CCOC)CC(C)(O)C(C)C. The fourth-order valence-corrected chi connectivity index (χ4v) is 1.35. The number of aliphatic hydroxyl groups is 1. The van der Waals surface area contributed by atoms with Crippen LogP contribution in [0.4, 0.5) is 0 Å². The van der Waals surface area contributed by atoms with E-state index in [-0.39, 0.29) is 5.92 Å². The first kappa shape index (κ1) is 15.8. The average Bonchev–Trinajstić information content (AvgIpc) is 2.21. The molecule has 0 radical (unpaired) electrons. The molecule has 0 amide bonds. The molecule has 1 unspecified atom stereocenters. The third kappa shape index (κ3) is 6.43. The number of rotatable bonds is 9. The molecule has 0 rings (SSSR count). The third-order valence-corrected chi connectivity index (χ3v) is 3.01. The number of methoxy groups -OCH3 is 2. The summed E-state index contributed by atoms with van der Waals surface area (Å²) >= 11 is 0. The summed E-state index contributed by atoms with van der Waals surface area (Å²) in [7, 11) is 3.38. The predicted molar refractivity (Wildman–Crippen MR) is 65.7 cm³/mol. The summed E-state index contributed by atoms with van der Waals surface area (Å²) in [6.45, 7) is 9.60. The first-order valence-electron chi connectivity index (χ1n) is 5.86. The lowest BCUT2D eigenvalue weighted by atomic mass is 9.92. The van der Waals surface area contributed by atoms with Crippen molar-refractivity contribution in [1.82, 2.24) is 4.90 Å². The molecule has 0 aliphatic carbocycles. The van der Waals surface area contributed by atoms with Crippen molar-refractivity contribution in [2.45, 2.75) is 26.4 Å². The van der Waals surface area contributed by atoms with Gasteiger partial charge in [0.2, 0.25) is 0 Å². The highest BCUT2D eigenvalue weighted by molar-refractivity contribution is 4.80. The summed E-state index contributed by atoms with van der Waals surface area (Å²) in [5.41, 5.74) is -0.665. The van der Waals surface area contributed by atoms with Gasteiger partial charge < -0.3 is 14.6 Å². The van der Waals surface area contributed by atoms with Crippen LogP contribution in [0.25, 0.3) is 0 Å². The van der Waals surface area contributed by atoms with Gasteiger partial charge in [-0.3, -0.25) is 4.90 Å². The zero-order valence-corrected chi connectivity index (χ0v) is 11.3. The maximum absolute atomic E-state index is 10.2. The van der Waals surface area contributed by atoms with Crippen LogP contribution in [0.1, 0.15) is 20.8 Å². The number of hydrogen-bond acceptors (Lipinski definition) is 4. The Hall–Kier alpha value is -0.160. The molecule has 16 heavy (non-hydrogen) atoms. The van der Waals surface area contributed by atoms with Crippen molar-refractivity contribution < 1.29 is 14.6 Å². The molecule has 1 N–H and O–H groups in total. The van der Waals surface area contributed by atoms with Crippen LogP contribution in [0.3, 0.4) is 0 Å². The van der Waals surface area contributed by atoms with Gasteiger partial charge in [-0.05, 0) is 12.8 Å². The number of hydrogen-bond donors (Lipinski definition) is 1. The van der Waals surface area contributed by atoms with Gasteiger partial charge in [-0.25, -0.2) is 0 Å². The van der Waals surface area contributed by atoms with Crippen LogP contribution in [0.5, 0.6) is 0 Å². The van der Waals surface area contributed by atoms with Crippen molar-refractivity contribution in [1.29, 1.82) is 0 Å². The lowest BCUT2D eigenvalue weighted by Crippen LogP contribution is -2.46. The summed E-state index contributed by atoms with van der Waals surface area (Å²) in [6.07, 6.45) is 0. The lowest BCUT2D eigenvalue weighted by Gasteiger charge is -2.34. The van der Waals surface area contributed by atoms with Gasteiger partial charge in [0.05, 0.1) is 18.8 Å². The summed E-state index contributed by atoms with van der Waals surface area (Å²) < 4.78 is 10.1. The number of ether oxygens (including phenoxy) is 2. The minimum atomic E-state index is -0.665. The van der Waals surface area contributed by atoms with Crippen molar-refractivity contribution in [3.63, 3.8) is 0 Å². The van der Waals surface area contributed by atoms with Crippen molar-refractivity contribution in [2.75, 3.05) is 47.1 Å². The van der Waals surface area contributed by atoms with Gasteiger partial charge in [-0.15, -0.1) is 0 Å². The molecule has 0 saturated carbocycles. The first-order chi connectivity index (χ1) is 7.44. The Morgan fingerprint density at radius 2 is 1.56 bits per heavy atom. The van der Waals surface area contributed by atoms with E-state index in [1.54, 1.807) is 14.2 Å². The van der Waals surface area contributed by atoms with Crippen LogP contribution in [0.15, 0.2) is 0 Å². The molecule has 98 valence electrons. The monoisotopic (exact) mass is 233 g/mol. The zero-order chi connectivity index (χ0) is 12.6. The Morgan fingerprint density at radius 1 is 1.12 bits per heavy atom. The maximum atomic E-state index is 10.2. The van der Waals surface area contributed by atoms with Gasteiger partial charge in [0.15, 0.2) is 0 Å². The molecule has 0 aromatic heterocycles. The van der Waals surface area contributed by atoms with E-state index in [9.17, 15) is 5.11 Å². The highest BCUT2D eigenvalue weighted by atomic mass is 16.5. The predicted octanol–water partition coefficient (Wildman–Crippen LogP) is 0.988. The van der Waals surface area contributed by atoms with Crippen LogP contribution in [0, 0.1) is 5.92 Å². The van der Waals surface area contributed by atoms with E-state index < -0.39 is 5.60 Å². The highest BCUT2D eigenvalue weighted by Gasteiger charge is 2.27. The molecule has 0 fully saturated rings.